The van der Waals surface area contributed by atoms with E-state index in [1.54, 1.807) is 17.0 Å². The number of para-hydroxylation sites is 1. The monoisotopic (exact) mass is 497 g/mol. The number of aryl methyl sites for hydroxylation is 1. The smallest absolute Gasteiger partial charge is 0.294 e. The standard InChI is InChI=1S/C27H24FN7O2/c1-3-6-20-16-35(25-21(17(2)36)7-4-9-23(25)28)27(37)34(20)15-18-10-12-19(13-11-18)24-22(8-5-14-29-24)26-30-32-33-31-26/h4-5,7-14,16H,3,6,15H2,1-2H3,(H,30,31,32,33). The lowest BCUT2D eigenvalue weighted by atomic mass is 10.0. The van der Waals surface area contributed by atoms with Gasteiger partial charge in [0.25, 0.3) is 0 Å². The van der Waals surface area contributed by atoms with Gasteiger partial charge in [-0.05, 0) is 53.6 Å². The molecular weight excluding hydrogens is 473 g/mol. The Morgan fingerprint density at radius 2 is 1.89 bits per heavy atom. The van der Waals surface area contributed by atoms with Gasteiger partial charge >= 0.3 is 5.69 Å². The first-order valence-corrected chi connectivity index (χ1v) is 11.9. The molecule has 2 aromatic carbocycles. The minimum absolute atomic E-state index is 0.0176. The molecule has 1 N–H and O–H groups in total. The van der Waals surface area contributed by atoms with E-state index in [4.69, 9.17) is 0 Å². The van der Waals surface area contributed by atoms with Crippen molar-refractivity contribution in [3.63, 3.8) is 0 Å². The molecule has 0 saturated heterocycles. The lowest BCUT2D eigenvalue weighted by Crippen LogP contribution is -2.26. The van der Waals surface area contributed by atoms with Crippen LogP contribution in [0.25, 0.3) is 28.3 Å². The van der Waals surface area contributed by atoms with Crippen molar-refractivity contribution in [2.75, 3.05) is 0 Å². The summed E-state index contributed by atoms with van der Waals surface area (Å²) >= 11 is 0. The van der Waals surface area contributed by atoms with Crippen molar-refractivity contribution in [1.29, 1.82) is 0 Å². The number of tetrazole rings is 1. The lowest BCUT2D eigenvalue weighted by molar-refractivity contribution is 0.101. The van der Waals surface area contributed by atoms with E-state index in [2.05, 4.69) is 25.6 Å². The summed E-state index contributed by atoms with van der Waals surface area (Å²) in [6.07, 6.45) is 4.77. The van der Waals surface area contributed by atoms with Crippen LogP contribution < -0.4 is 5.69 Å². The van der Waals surface area contributed by atoms with Crippen molar-refractivity contribution >= 4 is 5.78 Å². The SMILES string of the molecule is CCCc1cn(-c2c(F)cccc2C(C)=O)c(=O)n1Cc1ccc(-c2ncccc2-c2nnn[nH]2)cc1. The molecule has 0 spiro atoms. The summed E-state index contributed by atoms with van der Waals surface area (Å²) in [4.78, 5) is 30.1. The summed E-state index contributed by atoms with van der Waals surface area (Å²) in [6.45, 7) is 3.67. The Labute approximate surface area is 211 Å². The predicted molar refractivity (Wildman–Crippen MR) is 136 cm³/mol. The Balaban J connectivity index is 1.51. The van der Waals surface area contributed by atoms with Crippen LogP contribution in [-0.4, -0.2) is 40.5 Å². The molecule has 0 atom stereocenters. The Morgan fingerprint density at radius 1 is 1.08 bits per heavy atom. The second kappa shape index (κ2) is 10.1. The average Bonchev–Trinajstić information content (AvgIpc) is 3.54. The molecule has 0 fully saturated rings. The molecular formula is C27H24FN7O2. The van der Waals surface area contributed by atoms with Gasteiger partial charge in [0, 0.05) is 34.8 Å². The minimum Gasteiger partial charge on any atom is -0.294 e. The fourth-order valence-corrected chi connectivity index (χ4v) is 4.41. The highest BCUT2D eigenvalue weighted by molar-refractivity contribution is 5.97. The van der Waals surface area contributed by atoms with Crippen LogP contribution in [0.2, 0.25) is 0 Å². The molecule has 0 bridgehead atoms. The van der Waals surface area contributed by atoms with Gasteiger partial charge in [-0.2, -0.15) is 0 Å². The number of Topliss-reactive ketones (excluding diaryl/α,β-unsaturated/α-hetero) is 1. The van der Waals surface area contributed by atoms with E-state index in [1.807, 2.05) is 43.3 Å². The van der Waals surface area contributed by atoms with Crippen LogP contribution in [0.15, 0.2) is 71.8 Å². The van der Waals surface area contributed by atoms with Gasteiger partial charge in [-0.3, -0.25) is 18.9 Å². The topological polar surface area (TPSA) is 111 Å². The van der Waals surface area contributed by atoms with E-state index in [-0.39, 0.29) is 17.0 Å². The Bertz CT molecular complexity index is 1620. The fraction of sp³-hybridized carbons (Fsp3) is 0.185. The van der Waals surface area contributed by atoms with Gasteiger partial charge in [-0.15, -0.1) is 5.10 Å². The molecule has 3 heterocycles. The molecule has 0 radical (unpaired) electrons. The Hall–Kier alpha value is -4.73. The molecule has 9 nitrogen and oxygen atoms in total. The zero-order valence-corrected chi connectivity index (χ0v) is 20.3. The number of pyridine rings is 1. The van der Waals surface area contributed by atoms with E-state index in [9.17, 15) is 14.0 Å². The number of nitrogens with one attached hydrogen (secondary N) is 1. The predicted octanol–water partition coefficient (Wildman–Crippen LogP) is 4.22. The summed E-state index contributed by atoms with van der Waals surface area (Å²) in [5.41, 5.74) is 3.76. The number of hydrogen-bond acceptors (Lipinski definition) is 6. The van der Waals surface area contributed by atoms with Gasteiger partial charge in [-0.1, -0.05) is 43.7 Å². The zero-order valence-electron chi connectivity index (χ0n) is 20.3. The molecule has 0 saturated carbocycles. The first kappa shape index (κ1) is 24.0. The van der Waals surface area contributed by atoms with Gasteiger partial charge in [0.2, 0.25) is 0 Å². The maximum absolute atomic E-state index is 14.8. The fourth-order valence-electron chi connectivity index (χ4n) is 4.41. The van der Waals surface area contributed by atoms with Crippen LogP contribution >= 0.6 is 0 Å². The molecule has 3 aromatic heterocycles. The first-order chi connectivity index (χ1) is 18.0. The molecule has 10 heteroatoms. The number of nitrogens with zero attached hydrogens (tertiary/aromatic N) is 6. The van der Waals surface area contributed by atoms with Gasteiger partial charge in [-0.25, -0.2) is 14.3 Å². The number of rotatable bonds is 8. The summed E-state index contributed by atoms with van der Waals surface area (Å²) < 4.78 is 17.7. The number of aromatic amines is 1. The lowest BCUT2D eigenvalue weighted by Gasteiger charge is -2.10. The number of ketones is 1. The number of aromatic nitrogens is 7. The van der Waals surface area contributed by atoms with Gasteiger partial charge in [0.05, 0.1) is 17.9 Å². The quantitative estimate of drug-likeness (QED) is 0.321. The molecule has 0 aliphatic rings. The van der Waals surface area contributed by atoms with Crippen molar-refractivity contribution < 1.29 is 9.18 Å². The number of hydrogen-bond donors (Lipinski definition) is 1. The Kier molecular flexibility index (Phi) is 6.55. The van der Waals surface area contributed by atoms with Crippen molar-refractivity contribution in [1.82, 2.24) is 34.7 Å². The van der Waals surface area contributed by atoms with E-state index in [0.29, 0.717) is 18.8 Å². The molecule has 5 rings (SSSR count). The van der Waals surface area contributed by atoms with Gasteiger partial charge < -0.3 is 0 Å². The van der Waals surface area contributed by atoms with Crippen LogP contribution in [0, 0.1) is 5.82 Å². The number of benzene rings is 2. The van der Waals surface area contributed by atoms with Crippen molar-refractivity contribution in [3.05, 3.63) is 100 Å². The summed E-state index contributed by atoms with van der Waals surface area (Å²) in [5.74, 6) is -0.411. The molecule has 37 heavy (non-hydrogen) atoms. The van der Waals surface area contributed by atoms with Crippen LogP contribution in [0.5, 0.6) is 0 Å². The molecule has 0 aliphatic heterocycles. The summed E-state index contributed by atoms with van der Waals surface area (Å²) in [6, 6.07) is 15.7. The number of imidazole rings is 1. The number of carbonyl (C=O) groups excluding carboxylic acids is 1. The second-order valence-corrected chi connectivity index (χ2v) is 8.65. The first-order valence-electron chi connectivity index (χ1n) is 11.9. The van der Waals surface area contributed by atoms with E-state index in [0.717, 1.165) is 34.5 Å². The summed E-state index contributed by atoms with van der Waals surface area (Å²) in [5, 5.41) is 14.0. The van der Waals surface area contributed by atoms with E-state index in [1.165, 1.54) is 29.7 Å². The highest BCUT2D eigenvalue weighted by Gasteiger charge is 2.20. The maximum Gasteiger partial charge on any atom is 0.333 e. The molecule has 0 unspecified atom stereocenters. The normalized spacial score (nSPS) is 11.1. The van der Waals surface area contributed by atoms with Crippen LogP contribution in [-0.2, 0) is 13.0 Å². The third-order valence-corrected chi connectivity index (χ3v) is 6.15. The van der Waals surface area contributed by atoms with Crippen molar-refractivity contribution in [2.24, 2.45) is 0 Å². The molecule has 0 aliphatic carbocycles. The zero-order chi connectivity index (χ0) is 25.9. The van der Waals surface area contributed by atoms with Crippen LogP contribution in [0.1, 0.15) is 41.9 Å². The van der Waals surface area contributed by atoms with Crippen LogP contribution in [0.3, 0.4) is 0 Å². The maximum atomic E-state index is 14.8. The third-order valence-electron chi connectivity index (χ3n) is 6.15. The molecule has 186 valence electrons. The Morgan fingerprint density at radius 3 is 2.59 bits per heavy atom. The largest absolute Gasteiger partial charge is 0.333 e. The van der Waals surface area contributed by atoms with Gasteiger partial charge in [0.15, 0.2) is 11.6 Å². The highest BCUT2D eigenvalue weighted by Crippen LogP contribution is 2.28. The van der Waals surface area contributed by atoms with Gasteiger partial charge in [0.1, 0.15) is 5.82 Å². The average molecular weight is 498 g/mol. The van der Waals surface area contributed by atoms with Crippen molar-refractivity contribution in [2.45, 2.75) is 33.2 Å². The molecule has 5 aromatic rings. The number of carbonyl (C=O) groups is 1. The number of halogens is 1. The number of H-pyrrole nitrogens is 1. The van der Waals surface area contributed by atoms with E-state index < -0.39 is 11.5 Å². The highest BCUT2D eigenvalue weighted by atomic mass is 19.1. The van der Waals surface area contributed by atoms with E-state index >= 15 is 0 Å². The van der Waals surface area contributed by atoms with Crippen LogP contribution in [0.4, 0.5) is 4.39 Å². The second-order valence-electron chi connectivity index (χ2n) is 8.65. The molecule has 0 amide bonds. The summed E-state index contributed by atoms with van der Waals surface area (Å²) in [7, 11) is 0. The van der Waals surface area contributed by atoms with Crippen molar-refractivity contribution in [3.8, 4) is 28.3 Å². The third kappa shape index (κ3) is 4.61. The minimum atomic E-state index is -0.618.